The fraction of sp³-hybridized carbons (Fsp3) is 0.588. The monoisotopic (exact) mass is 327 g/mol. The fourth-order valence-corrected chi connectivity index (χ4v) is 2.93. The SMILES string of the molecule is COc1cccc(C(=O)NC2CCCCCCC2)c1OC(F)F. The Balaban J connectivity index is 2.14. The van der Waals surface area contributed by atoms with Crippen molar-refractivity contribution in [3.05, 3.63) is 23.8 Å². The van der Waals surface area contributed by atoms with Crippen LogP contribution in [0.3, 0.4) is 0 Å². The molecule has 1 aliphatic rings. The molecule has 1 aromatic rings. The molecule has 0 saturated heterocycles. The average molecular weight is 327 g/mol. The summed E-state index contributed by atoms with van der Waals surface area (Å²) in [5, 5.41) is 2.95. The molecule has 0 aromatic heterocycles. The highest BCUT2D eigenvalue weighted by molar-refractivity contribution is 5.98. The van der Waals surface area contributed by atoms with Crippen LogP contribution >= 0.6 is 0 Å². The number of benzene rings is 1. The van der Waals surface area contributed by atoms with Crippen LogP contribution < -0.4 is 14.8 Å². The zero-order valence-electron chi connectivity index (χ0n) is 13.3. The third kappa shape index (κ3) is 5.08. The minimum atomic E-state index is -3.01. The van der Waals surface area contributed by atoms with Crippen LogP contribution in [0.2, 0.25) is 0 Å². The molecule has 128 valence electrons. The predicted molar refractivity (Wildman–Crippen MR) is 83.2 cm³/mol. The van der Waals surface area contributed by atoms with Gasteiger partial charge in [-0.2, -0.15) is 8.78 Å². The third-order valence-corrected chi connectivity index (χ3v) is 4.09. The molecule has 1 aromatic carbocycles. The van der Waals surface area contributed by atoms with Gasteiger partial charge in [-0.1, -0.05) is 38.2 Å². The number of para-hydroxylation sites is 1. The number of hydrogen-bond donors (Lipinski definition) is 1. The van der Waals surface area contributed by atoms with Gasteiger partial charge in [-0.05, 0) is 25.0 Å². The number of nitrogens with one attached hydrogen (secondary N) is 1. The van der Waals surface area contributed by atoms with Gasteiger partial charge < -0.3 is 14.8 Å². The summed E-state index contributed by atoms with van der Waals surface area (Å²) in [6.07, 6.45) is 7.56. The summed E-state index contributed by atoms with van der Waals surface area (Å²) in [5.74, 6) is -0.492. The van der Waals surface area contributed by atoms with E-state index < -0.39 is 12.5 Å². The quantitative estimate of drug-likeness (QED) is 0.884. The maximum absolute atomic E-state index is 12.6. The standard InChI is InChI=1S/C17H23F2NO3/c1-22-14-11-7-10-13(15(14)23-17(18)19)16(21)20-12-8-5-3-2-4-6-9-12/h7,10-12,17H,2-6,8-9H2,1H3,(H,20,21). The van der Waals surface area contributed by atoms with Crippen LogP contribution in [0.4, 0.5) is 8.78 Å². The summed E-state index contributed by atoms with van der Waals surface area (Å²) in [7, 11) is 1.35. The maximum atomic E-state index is 12.6. The van der Waals surface area contributed by atoms with Gasteiger partial charge in [0.05, 0.1) is 12.7 Å². The molecule has 1 N–H and O–H groups in total. The van der Waals surface area contributed by atoms with E-state index in [1.807, 2.05) is 0 Å². The molecule has 2 rings (SSSR count). The van der Waals surface area contributed by atoms with E-state index in [2.05, 4.69) is 10.1 Å². The van der Waals surface area contributed by atoms with Gasteiger partial charge >= 0.3 is 6.61 Å². The van der Waals surface area contributed by atoms with Crippen LogP contribution in [0.1, 0.15) is 55.3 Å². The smallest absolute Gasteiger partial charge is 0.387 e. The number of carbonyl (C=O) groups excluding carboxylic acids is 1. The van der Waals surface area contributed by atoms with Crippen LogP contribution in [-0.4, -0.2) is 25.7 Å². The second-order valence-electron chi connectivity index (χ2n) is 5.73. The third-order valence-electron chi connectivity index (χ3n) is 4.09. The van der Waals surface area contributed by atoms with E-state index >= 15 is 0 Å². The molecule has 1 amide bonds. The van der Waals surface area contributed by atoms with Crippen molar-refractivity contribution in [2.75, 3.05) is 7.11 Å². The van der Waals surface area contributed by atoms with E-state index in [-0.39, 0.29) is 23.1 Å². The van der Waals surface area contributed by atoms with Gasteiger partial charge in [0.25, 0.3) is 5.91 Å². The summed E-state index contributed by atoms with van der Waals surface area (Å²) in [6.45, 7) is -3.01. The minimum Gasteiger partial charge on any atom is -0.493 e. The van der Waals surface area contributed by atoms with Crippen molar-refractivity contribution >= 4 is 5.91 Å². The number of rotatable bonds is 5. The summed E-state index contributed by atoms with van der Waals surface area (Å²) in [5.41, 5.74) is 0.0757. The first kappa shape index (κ1) is 17.5. The molecule has 1 aliphatic carbocycles. The summed E-state index contributed by atoms with van der Waals surface area (Å²) in [4.78, 5) is 12.5. The Morgan fingerprint density at radius 2 is 1.83 bits per heavy atom. The van der Waals surface area contributed by atoms with Gasteiger partial charge in [0.1, 0.15) is 0 Å². The number of ether oxygens (including phenoxy) is 2. The first-order valence-electron chi connectivity index (χ1n) is 8.04. The molecule has 0 atom stereocenters. The molecule has 6 heteroatoms. The molecular formula is C17H23F2NO3. The van der Waals surface area contributed by atoms with Gasteiger partial charge in [0.2, 0.25) is 0 Å². The highest BCUT2D eigenvalue weighted by Gasteiger charge is 2.22. The molecule has 0 radical (unpaired) electrons. The first-order valence-corrected chi connectivity index (χ1v) is 8.04. The summed E-state index contributed by atoms with van der Waals surface area (Å²) >= 11 is 0. The molecule has 0 aliphatic heterocycles. The molecule has 0 bridgehead atoms. The van der Waals surface area contributed by atoms with Crippen molar-refractivity contribution in [3.8, 4) is 11.5 Å². The zero-order chi connectivity index (χ0) is 16.7. The van der Waals surface area contributed by atoms with Gasteiger partial charge in [0.15, 0.2) is 11.5 Å². The fourth-order valence-electron chi connectivity index (χ4n) is 2.93. The molecule has 0 spiro atoms. The molecule has 0 unspecified atom stereocenters. The van der Waals surface area contributed by atoms with Crippen LogP contribution in [0.5, 0.6) is 11.5 Å². The highest BCUT2D eigenvalue weighted by Crippen LogP contribution is 2.32. The van der Waals surface area contributed by atoms with Gasteiger partial charge in [-0.15, -0.1) is 0 Å². The number of methoxy groups -OCH3 is 1. The number of hydrogen-bond acceptors (Lipinski definition) is 3. The van der Waals surface area contributed by atoms with Crippen molar-refractivity contribution in [2.45, 2.75) is 57.6 Å². The summed E-state index contributed by atoms with van der Waals surface area (Å²) in [6, 6.07) is 4.63. The zero-order valence-corrected chi connectivity index (χ0v) is 13.3. The van der Waals surface area contributed by atoms with Crippen molar-refractivity contribution in [2.24, 2.45) is 0 Å². The van der Waals surface area contributed by atoms with E-state index in [4.69, 9.17) is 4.74 Å². The van der Waals surface area contributed by atoms with Crippen molar-refractivity contribution in [1.82, 2.24) is 5.32 Å². The predicted octanol–water partition coefficient (Wildman–Crippen LogP) is 4.14. The van der Waals surface area contributed by atoms with E-state index in [0.717, 1.165) is 25.7 Å². The second-order valence-corrected chi connectivity index (χ2v) is 5.73. The Bertz CT molecular complexity index is 515. The van der Waals surface area contributed by atoms with Crippen LogP contribution in [0.15, 0.2) is 18.2 Å². The van der Waals surface area contributed by atoms with Gasteiger partial charge in [-0.3, -0.25) is 4.79 Å². The van der Waals surface area contributed by atoms with E-state index in [9.17, 15) is 13.6 Å². The molecule has 23 heavy (non-hydrogen) atoms. The van der Waals surface area contributed by atoms with Crippen LogP contribution in [0.25, 0.3) is 0 Å². The lowest BCUT2D eigenvalue weighted by atomic mass is 9.96. The van der Waals surface area contributed by atoms with E-state index in [1.54, 1.807) is 6.07 Å². The second kappa shape index (κ2) is 8.70. The molecule has 0 heterocycles. The Kier molecular flexibility index (Phi) is 6.62. The summed E-state index contributed by atoms with van der Waals surface area (Å²) < 4.78 is 34.8. The number of amides is 1. The van der Waals surface area contributed by atoms with Gasteiger partial charge in [0, 0.05) is 6.04 Å². The lowest BCUT2D eigenvalue weighted by Crippen LogP contribution is -2.35. The largest absolute Gasteiger partial charge is 0.493 e. The maximum Gasteiger partial charge on any atom is 0.387 e. The Morgan fingerprint density at radius 3 is 2.43 bits per heavy atom. The molecule has 1 fully saturated rings. The number of carbonyl (C=O) groups is 1. The molecule has 1 saturated carbocycles. The number of alkyl halides is 2. The Hall–Kier alpha value is -1.85. The van der Waals surface area contributed by atoms with E-state index in [0.29, 0.717) is 0 Å². The van der Waals surface area contributed by atoms with Gasteiger partial charge in [-0.25, -0.2) is 0 Å². The lowest BCUT2D eigenvalue weighted by Gasteiger charge is -2.22. The minimum absolute atomic E-state index is 0.0757. The normalized spacial score (nSPS) is 16.5. The van der Waals surface area contributed by atoms with Crippen molar-refractivity contribution in [1.29, 1.82) is 0 Å². The topological polar surface area (TPSA) is 47.6 Å². The molecule has 4 nitrogen and oxygen atoms in total. The van der Waals surface area contributed by atoms with Crippen LogP contribution in [0, 0.1) is 0 Å². The lowest BCUT2D eigenvalue weighted by molar-refractivity contribution is -0.0515. The first-order chi connectivity index (χ1) is 11.1. The average Bonchev–Trinajstić information content (AvgIpc) is 2.49. The van der Waals surface area contributed by atoms with Crippen molar-refractivity contribution in [3.63, 3.8) is 0 Å². The van der Waals surface area contributed by atoms with Crippen LogP contribution in [-0.2, 0) is 0 Å². The van der Waals surface area contributed by atoms with E-state index in [1.165, 1.54) is 38.5 Å². The Morgan fingerprint density at radius 1 is 1.17 bits per heavy atom. The molecular weight excluding hydrogens is 304 g/mol. The Labute approximate surface area is 135 Å². The number of halogens is 2. The highest BCUT2D eigenvalue weighted by atomic mass is 19.3. The van der Waals surface area contributed by atoms with Crippen molar-refractivity contribution < 1.29 is 23.0 Å².